The van der Waals surface area contributed by atoms with Gasteiger partial charge in [0.1, 0.15) is 5.41 Å². The maximum absolute atomic E-state index is 12.3. The van der Waals surface area contributed by atoms with Crippen LogP contribution >= 0.6 is 0 Å². The molecule has 108 valence electrons. The second-order valence-corrected chi connectivity index (χ2v) is 5.72. The van der Waals surface area contributed by atoms with Crippen molar-refractivity contribution in [1.82, 2.24) is 15.5 Å². The van der Waals surface area contributed by atoms with Crippen molar-refractivity contribution in [3.8, 4) is 0 Å². The summed E-state index contributed by atoms with van der Waals surface area (Å²) in [4.78, 5) is 48.4. The van der Waals surface area contributed by atoms with E-state index in [0.717, 1.165) is 24.2 Å². The number of barbiturate groups is 1. The quantitative estimate of drug-likeness (QED) is 0.694. The van der Waals surface area contributed by atoms with E-state index in [1.807, 2.05) is 0 Å². The third-order valence-corrected chi connectivity index (χ3v) is 4.34. The van der Waals surface area contributed by atoms with E-state index >= 15 is 0 Å². The summed E-state index contributed by atoms with van der Waals surface area (Å²) in [5, 5.41) is 4.95. The Labute approximate surface area is 116 Å². The van der Waals surface area contributed by atoms with Gasteiger partial charge in [-0.2, -0.15) is 0 Å². The van der Waals surface area contributed by atoms with Crippen LogP contribution in [0.25, 0.3) is 0 Å². The van der Waals surface area contributed by atoms with Crippen LogP contribution < -0.4 is 10.6 Å². The fourth-order valence-corrected chi connectivity index (χ4v) is 2.69. The van der Waals surface area contributed by atoms with Crippen LogP contribution in [-0.4, -0.2) is 41.7 Å². The number of amides is 5. The molecule has 5 amide bonds. The van der Waals surface area contributed by atoms with Crippen LogP contribution in [0.5, 0.6) is 0 Å². The number of nitrogens with zero attached hydrogens (tertiary/aromatic N) is 1. The van der Waals surface area contributed by atoms with E-state index in [-0.39, 0.29) is 24.9 Å². The van der Waals surface area contributed by atoms with E-state index in [1.165, 1.54) is 0 Å². The zero-order chi connectivity index (χ0) is 14.3. The Morgan fingerprint density at radius 1 is 1.30 bits per heavy atom. The molecule has 0 aromatic carbocycles. The Balaban J connectivity index is 1.59. The lowest BCUT2D eigenvalue weighted by molar-refractivity contribution is -0.157. The lowest BCUT2D eigenvalue weighted by Crippen LogP contribution is -2.66. The molecular weight excluding hydrogens is 262 g/mol. The van der Waals surface area contributed by atoms with E-state index in [2.05, 4.69) is 10.6 Å². The largest absolute Gasteiger partial charge is 0.354 e. The highest BCUT2D eigenvalue weighted by Crippen LogP contribution is 2.44. The van der Waals surface area contributed by atoms with E-state index in [0.29, 0.717) is 12.8 Å². The van der Waals surface area contributed by atoms with Crippen molar-refractivity contribution in [1.29, 1.82) is 0 Å². The van der Waals surface area contributed by atoms with Crippen molar-refractivity contribution in [2.24, 2.45) is 11.3 Å². The van der Waals surface area contributed by atoms with Crippen molar-refractivity contribution in [3.63, 3.8) is 0 Å². The molecular formula is C13H17N3O4. The van der Waals surface area contributed by atoms with Crippen LogP contribution in [-0.2, 0) is 14.4 Å². The molecule has 0 bridgehead atoms. The van der Waals surface area contributed by atoms with Gasteiger partial charge in [-0.25, -0.2) is 4.79 Å². The van der Waals surface area contributed by atoms with Gasteiger partial charge in [0.05, 0.1) is 0 Å². The van der Waals surface area contributed by atoms with Gasteiger partial charge in [-0.3, -0.25) is 24.6 Å². The highest BCUT2D eigenvalue weighted by molar-refractivity contribution is 6.19. The minimum atomic E-state index is -1.03. The Bertz CT molecular complexity index is 494. The summed E-state index contributed by atoms with van der Waals surface area (Å²) in [7, 11) is 0. The van der Waals surface area contributed by atoms with Crippen LogP contribution in [0.4, 0.5) is 4.79 Å². The summed E-state index contributed by atoms with van der Waals surface area (Å²) in [5.41, 5.74) is -1.03. The predicted octanol–water partition coefficient (Wildman–Crippen LogP) is -0.239. The summed E-state index contributed by atoms with van der Waals surface area (Å²) < 4.78 is 0. The predicted molar refractivity (Wildman–Crippen MR) is 67.3 cm³/mol. The van der Waals surface area contributed by atoms with Crippen LogP contribution in [0.2, 0.25) is 0 Å². The van der Waals surface area contributed by atoms with Crippen molar-refractivity contribution >= 4 is 23.8 Å². The van der Waals surface area contributed by atoms with Gasteiger partial charge in [0.25, 0.3) is 0 Å². The van der Waals surface area contributed by atoms with Crippen molar-refractivity contribution in [2.75, 3.05) is 13.1 Å². The Morgan fingerprint density at radius 3 is 2.55 bits per heavy atom. The number of rotatable bonds is 4. The smallest absolute Gasteiger partial charge is 0.330 e. The van der Waals surface area contributed by atoms with E-state index in [9.17, 15) is 19.2 Å². The third kappa shape index (κ3) is 1.97. The molecule has 3 rings (SSSR count). The number of hydrogen-bond donors (Lipinski definition) is 2. The van der Waals surface area contributed by atoms with E-state index in [4.69, 9.17) is 0 Å². The first-order valence-electron chi connectivity index (χ1n) is 7.00. The van der Waals surface area contributed by atoms with Gasteiger partial charge >= 0.3 is 6.03 Å². The SMILES string of the molecule is O=C(NCCN1C(=O)NC(=O)C2(CCC2)C1=O)C1CC1. The second-order valence-electron chi connectivity index (χ2n) is 5.72. The molecule has 2 saturated carbocycles. The minimum absolute atomic E-state index is 0.0238. The summed E-state index contributed by atoms with van der Waals surface area (Å²) in [5.74, 6) is -0.820. The van der Waals surface area contributed by atoms with Crippen molar-refractivity contribution < 1.29 is 19.2 Å². The minimum Gasteiger partial charge on any atom is -0.354 e. The van der Waals surface area contributed by atoms with Gasteiger partial charge in [-0.05, 0) is 25.7 Å². The molecule has 1 heterocycles. The highest BCUT2D eigenvalue weighted by Gasteiger charge is 2.57. The standard InChI is InChI=1S/C13H17N3O4/c17-9(8-2-3-8)14-6-7-16-11(19)13(4-1-5-13)10(18)15-12(16)20/h8H,1-7H2,(H,14,17)(H,15,18,20). The molecule has 20 heavy (non-hydrogen) atoms. The Kier molecular flexibility index (Phi) is 2.99. The number of hydrogen-bond acceptors (Lipinski definition) is 4. The first kappa shape index (κ1) is 13.1. The first-order chi connectivity index (χ1) is 9.54. The number of imide groups is 2. The van der Waals surface area contributed by atoms with Crippen LogP contribution in [0.3, 0.4) is 0 Å². The van der Waals surface area contributed by atoms with Crippen LogP contribution in [0.1, 0.15) is 32.1 Å². The molecule has 0 radical (unpaired) electrons. The molecule has 3 aliphatic rings. The summed E-state index contributed by atoms with van der Waals surface area (Å²) in [6, 6.07) is -0.682. The number of urea groups is 1. The molecule has 2 aliphatic carbocycles. The van der Waals surface area contributed by atoms with Gasteiger partial charge in [0.15, 0.2) is 0 Å². The molecule has 0 aromatic heterocycles. The first-order valence-corrected chi connectivity index (χ1v) is 7.00. The number of carbonyl (C=O) groups excluding carboxylic acids is 4. The molecule has 3 fully saturated rings. The van der Waals surface area contributed by atoms with Crippen LogP contribution in [0, 0.1) is 11.3 Å². The van der Waals surface area contributed by atoms with Crippen molar-refractivity contribution in [3.05, 3.63) is 0 Å². The third-order valence-electron chi connectivity index (χ3n) is 4.34. The normalized spacial score (nSPS) is 24.4. The topological polar surface area (TPSA) is 95.6 Å². The van der Waals surface area contributed by atoms with Crippen molar-refractivity contribution in [2.45, 2.75) is 32.1 Å². The summed E-state index contributed by atoms with van der Waals surface area (Å²) in [6.45, 7) is 0.344. The fourth-order valence-electron chi connectivity index (χ4n) is 2.69. The molecule has 2 N–H and O–H groups in total. The van der Waals surface area contributed by atoms with Gasteiger partial charge < -0.3 is 5.32 Å². The fraction of sp³-hybridized carbons (Fsp3) is 0.692. The lowest BCUT2D eigenvalue weighted by atomic mass is 9.66. The molecule has 1 aliphatic heterocycles. The van der Waals surface area contributed by atoms with Gasteiger partial charge in [-0.1, -0.05) is 6.42 Å². The molecule has 0 aromatic rings. The van der Waals surface area contributed by atoms with Gasteiger partial charge in [-0.15, -0.1) is 0 Å². The Hall–Kier alpha value is -1.92. The molecule has 0 unspecified atom stereocenters. The molecule has 0 atom stereocenters. The van der Waals surface area contributed by atoms with E-state index in [1.54, 1.807) is 0 Å². The maximum atomic E-state index is 12.3. The highest BCUT2D eigenvalue weighted by atomic mass is 16.2. The summed E-state index contributed by atoms with van der Waals surface area (Å²) in [6.07, 6.45) is 3.63. The second kappa shape index (κ2) is 4.57. The average molecular weight is 279 g/mol. The molecule has 7 heteroatoms. The monoisotopic (exact) mass is 279 g/mol. The molecule has 7 nitrogen and oxygen atoms in total. The maximum Gasteiger partial charge on any atom is 0.330 e. The molecule has 1 saturated heterocycles. The van der Waals surface area contributed by atoms with Gasteiger partial charge in [0, 0.05) is 19.0 Å². The zero-order valence-corrected chi connectivity index (χ0v) is 11.1. The lowest BCUT2D eigenvalue weighted by Gasteiger charge is -2.44. The molecule has 1 spiro atoms. The van der Waals surface area contributed by atoms with Gasteiger partial charge in [0.2, 0.25) is 17.7 Å². The van der Waals surface area contributed by atoms with E-state index < -0.39 is 23.3 Å². The van der Waals surface area contributed by atoms with Crippen LogP contribution in [0.15, 0.2) is 0 Å². The zero-order valence-electron chi connectivity index (χ0n) is 11.1. The number of carbonyl (C=O) groups is 4. The summed E-state index contributed by atoms with van der Waals surface area (Å²) >= 11 is 0. The average Bonchev–Trinajstić information content (AvgIpc) is 3.15. The number of nitrogens with one attached hydrogen (secondary N) is 2. The Morgan fingerprint density at radius 2 is 2.00 bits per heavy atom.